The first-order valence-corrected chi connectivity index (χ1v) is 8.47. The Balaban J connectivity index is 1.73. The summed E-state index contributed by atoms with van der Waals surface area (Å²) in [5.41, 5.74) is 7.74. The van der Waals surface area contributed by atoms with Crippen LogP contribution in [0.2, 0.25) is 10.0 Å². The van der Waals surface area contributed by atoms with Crippen LogP contribution in [0, 0.1) is 0 Å². The maximum atomic E-state index is 6.20. The summed E-state index contributed by atoms with van der Waals surface area (Å²) in [6, 6.07) is 12.1. The molecule has 0 radical (unpaired) electrons. The van der Waals surface area contributed by atoms with Gasteiger partial charge in [-0.1, -0.05) is 33.6 Å². The summed E-state index contributed by atoms with van der Waals surface area (Å²) < 4.78 is 12.0. The van der Waals surface area contributed by atoms with Crippen molar-refractivity contribution < 1.29 is 9.26 Å². The van der Waals surface area contributed by atoms with Crippen molar-refractivity contribution in [1.29, 1.82) is 0 Å². The van der Waals surface area contributed by atoms with E-state index in [0.717, 1.165) is 5.56 Å². The number of nitrogens with zero attached hydrogens (tertiary/aromatic N) is 5. The molecule has 0 amide bonds. The molecule has 2 aromatic carbocycles. The highest BCUT2D eigenvalue weighted by Gasteiger charge is 2.21. The lowest BCUT2D eigenvalue weighted by Crippen LogP contribution is -2.04. The Morgan fingerprint density at radius 2 is 1.81 bits per heavy atom. The van der Waals surface area contributed by atoms with Gasteiger partial charge in [-0.25, -0.2) is 0 Å². The lowest BCUT2D eigenvalue weighted by Gasteiger charge is -2.09. The van der Waals surface area contributed by atoms with Crippen LogP contribution in [0.5, 0.6) is 5.75 Å². The van der Waals surface area contributed by atoms with Crippen LogP contribution < -0.4 is 10.5 Å². The molecule has 4 aromatic rings. The fourth-order valence-corrected chi connectivity index (χ4v) is 2.78. The molecule has 0 aliphatic rings. The van der Waals surface area contributed by atoms with Crippen LogP contribution in [-0.4, -0.2) is 32.2 Å². The molecule has 136 valence electrons. The second kappa shape index (κ2) is 6.90. The summed E-state index contributed by atoms with van der Waals surface area (Å²) in [7, 11) is 1.54. The third-order valence-corrected chi connectivity index (χ3v) is 4.29. The monoisotopic (exact) mass is 402 g/mol. The Bertz CT molecular complexity index is 1110. The van der Waals surface area contributed by atoms with Gasteiger partial charge in [0.2, 0.25) is 5.82 Å². The van der Waals surface area contributed by atoms with Crippen LogP contribution in [0.4, 0.5) is 5.82 Å². The fourth-order valence-electron chi connectivity index (χ4n) is 2.48. The molecule has 0 saturated carbocycles. The number of hydrogen-bond donors (Lipinski definition) is 1. The van der Waals surface area contributed by atoms with E-state index in [9.17, 15) is 0 Å². The van der Waals surface area contributed by atoms with Gasteiger partial charge in [-0.3, -0.25) is 0 Å². The Morgan fingerprint density at radius 3 is 2.56 bits per heavy atom. The molecule has 10 heteroatoms. The Labute approximate surface area is 163 Å². The van der Waals surface area contributed by atoms with E-state index >= 15 is 0 Å². The zero-order valence-corrected chi connectivity index (χ0v) is 15.4. The van der Waals surface area contributed by atoms with Gasteiger partial charge in [0.05, 0.1) is 7.11 Å². The van der Waals surface area contributed by atoms with Gasteiger partial charge in [0, 0.05) is 15.6 Å². The minimum absolute atomic E-state index is 0.143. The summed E-state index contributed by atoms with van der Waals surface area (Å²) in [6.07, 6.45) is 0. The number of nitrogen functional groups attached to an aromatic ring is 1. The van der Waals surface area contributed by atoms with Crippen molar-refractivity contribution in [3.63, 3.8) is 0 Å². The van der Waals surface area contributed by atoms with Crippen LogP contribution in [0.15, 0.2) is 47.0 Å². The molecule has 4 rings (SSSR count). The first-order valence-electron chi connectivity index (χ1n) is 7.72. The number of anilines is 1. The number of ether oxygens (including phenoxy) is 1. The number of methoxy groups -OCH3 is 1. The highest BCUT2D eigenvalue weighted by Crippen LogP contribution is 2.31. The van der Waals surface area contributed by atoms with Crippen molar-refractivity contribution in [3.05, 3.63) is 52.5 Å². The van der Waals surface area contributed by atoms with Gasteiger partial charge in [0.1, 0.15) is 11.4 Å². The summed E-state index contributed by atoms with van der Waals surface area (Å²) >= 11 is 12.0. The van der Waals surface area contributed by atoms with Crippen LogP contribution in [0.3, 0.4) is 0 Å². The van der Waals surface area contributed by atoms with E-state index in [1.807, 2.05) is 0 Å². The van der Waals surface area contributed by atoms with E-state index in [1.165, 1.54) is 11.8 Å². The van der Waals surface area contributed by atoms with E-state index in [-0.39, 0.29) is 17.4 Å². The molecule has 8 nitrogen and oxygen atoms in total. The SMILES string of the molecule is COc1ccc(Cl)cc1-n1nnc(-c2nc(-c3ccc(Cl)cc3)no2)c1N. The Hall–Kier alpha value is -3.10. The predicted octanol–water partition coefficient (Wildman–Crippen LogP) is 3.88. The van der Waals surface area contributed by atoms with Gasteiger partial charge < -0.3 is 15.0 Å². The number of hydrogen-bond acceptors (Lipinski definition) is 7. The quantitative estimate of drug-likeness (QED) is 0.551. The largest absolute Gasteiger partial charge is 0.494 e. The Morgan fingerprint density at radius 1 is 1.07 bits per heavy atom. The number of halogens is 2. The van der Waals surface area contributed by atoms with Gasteiger partial charge in [-0.2, -0.15) is 9.67 Å². The van der Waals surface area contributed by atoms with E-state index in [4.69, 9.17) is 38.2 Å². The predicted molar refractivity (Wildman–Crippen MR) is 101 cm³/mol. The first kappa shape index (κ1) is 17.3. The van der Waals surface area contributed by atoms with E-state index in [2.05, 4.69) is 20.5 Å². The van der Waals surface area contributed by atoms with Crippen molar-refractivity contribution in [3.8, 4) is 34.4 Å². The molecule has 2 heterocycles. The van der Waals surface area contributed by atoms with Gasteiger partial charge in [0.15, 0.2) is 11.5 Å². The molecule has 2 N–H and O–H groups in total. The van der Waals surface area contributed by atoms with Crippen molar-refractivity contribution in [2.24, 2.45) is 0 Å². The summed E-state index contributed by atoms with van der Waals surface area (Å²) in [6.45, 7) is 0. The van der Waals surface area contributed by atoms with E-state index in [1.54, 1.807) is 42.5 Å². The van der Waals surface area contributed by atoms with Crippen molar-refractivity contribution in [1.82, 2.24) is 25.1 Å². The average molecular weight is 403 g/mol. The normalized spacial score (nSPS) is 10.9. The summed E-state index contributed by atoms with van der Waals surface area (Å²) in [5, 5.41) is 13.2. The lowest BCUT2D eigenvalue weighted by molar-refractivity contribution is 0.411. The molecular formula is C17H12Cl2N6O2. The molecule has 0 atom stereocenters. The third-order valence-electron chi connectivity index (χ3n) is 3.81. The minimum Gasteiger partial charge on any atom is -0.494 e. The number of aromatic nitrogens is 5. The standard InChI is InChI=1S/C17H12Cl2N6O2/c1-26-13-7-6-11(19)8-12(13)25-15(20)14(22-24-25)17-21-16(23-27-17)9-2-4-10(18)5-3-9/h2-8H,20H2,1H3. The van der Waals surface area contributed by atoms with Crippen LogP contribution >= 0.6 is 23.2 Å². The van der Waals surface area contributed by atoms with Crippen LogP contribution in [0.25, 0.3) is 28.7 Å². The molecule has 0 aliphatic heterocycles. The molecular weight excluding hydrogens is 391 g/mol. The maximum absolute atomic E-state index is 6.20. The van der Waals surface area contributed by atoms with E-state index in [0.29, 0.717) is 27.3 Å². The lowest BCUT2D eigenvalue weighted by atomic mass is 10.2. The summed E-state index contributed by atoms with van der Waals surface area (Å²) in [5.74, 6) is 1.28. The molecule has 0 bridgehead atoms. The molecule has 0 aliphatic carbocycles. The molecule has 0 unspecified atom stereocenters. The number of nitrogens with two attached hydrogens (primary N) is 1. The molecule has 2 aromatic heterocycles. The van der Waals surface area contributed by atoms with E-state index < -0.39 is 0 Å². The smallest absolute Gasteiger partial charge is 0.282 e. The van der Waals surface area contributed by atoms with Crippen molar-refractivity contribution in [2.45, 2.75) is 0 Å². The van der Waals surface area contributed by atoms with Gasteiger partial charge in [-0.15, -0.1) is 5.10 Å². The van der Waals surface area contributed by atoms with Gasteiger partial charge in [0.25, 0.3) is 5.89 Å². The zero-order valence-electron chi connectivity index (χ0n) is 13.9. The third kappa shape index (κ3) is 3.20. The molecule has 0 fully saturated rings. The summed E-state index contributed by atoms with van der Waals surface area (Å²) in [4.78, 5) is 4.33. The number of rotatable bonds is 4. The topological polar surface area (TPSA) is 105 Å². The van der Waals surface area contributed by atoms with Gasteiger partial charge in [-0.05, 0) is 42.5 Å². The molecule has 0 saturated heterocycles. The second-order valence-corrected chi connectivity index (χ2v) is 6.35. The minimum atomic E-state index is 0.143. The molecule has 27 heavy (non-hydrogen) atoms. The fraction of sp³-hybridized carbons (Fsp3) is 0.0588. The zero-order chi connectivity index (χ0) is 19.0. The first-order chi connectivity index (χ1) is 13.1. The highest BCUT2D eigenvalue weighted by molar-refractivity contribution is 6.31. The highest BCUT2D eigenvalue weighted by atomic mass is 35.5. The average Bonchev–Trinajstić information content (AvgIpc) is 3.29. The van der Waals surface area contributed by atoms with Crippen LogP contribution in [0.1, 0.15) is 0 Å². The van der Waals surface area contributed by atoms with Crippen molar-refractivity contribution >= 4 is 29.0 Å². The van der Waals surface area contributed by atoms with Gasteiger partial charge >= 0.3 is 0 Å². The van der Waals surface area contributed by atoms with Crippen molar-refractivity contribution in [2.75, 3.05) is 12.8 Å². The maximum Gasteiger partial charge on any atom is 0.282 e. The number of benzene rings is 2. The molecule has 0 spiro atoms. The second-order valence-electron chi connectivity index (χ2n) is 5.48. The Kier molecular flexibility index (Phi) is 4.43. The van der Waals surface area contributed by atoms with Crippen LogP contribution in [-0.2, 0) is 0 Å².